The minimum atomic E-state index is -0.655. The van der Waals surface area contributed by atoms with Crippen molar-refractivity contribution in [2.24, 2.45) is 5.92 Å². The summed E-state index contributed by atoms with van der Waals surface area (Å²) >= 11 is 6.13. The van der Waals surface area contributed by atoms with Crippen LogP contribution in [0.5, 0.6) is 5.75 Å². The third kappa shape index (κ3) is 4.48. The van der Waals surface area contributed by atoms with Crippen LogP contribution in [-0.2, 0) is 0 Å². The average molecular weight is 488 g/mol. The van der Waals surface area contributed by atoms with Crippen LogP contribution in [0.15, 0.2) is 23.1 Å². The molecule has 4 rings (SSSR count). The Morgan fingerprint density at radius 3 is 2.74 bits per heavy atom. The van der Waals surface area contributed by atoms with E-state index in [4.69, 9.17) is 16.3 Å². The van der Waals surface area contributed by atoms with Crippen molar-refractivity contribution in [1.82, 2.24) is 19.5 Å². The lowest BCUT2D eigenvalue weighted by molar-refractivity contribution is 0.315. The summed E-state index contributed by atoms with van der Waals surface area (Å²) in [4.78, 5) is 29.1. The third-order valence-corrected chi connectivity index (χ3v) is 6.56. The zero-order valence-corrected chi connectivity index (χ0v) is 21.1. The lowest BCUT2D eigenvalue weighted by atomic mass is 9.95. The molecule has 1 saturated heterocycles. The highest BCUT2D eigenvalue weighted by atomic mass is 35.5. The molecule has 0 radical (unpaired) electrons. The number of rotatable bonds is 6. The maximum Gasteiger partial charge on any atom is 0.356 e. The number of hydrogen-bond donors (Lipinski definition) is 0. The Morgan fingerprint density at radius 1 is 1.26 bits per heavy atom. The minimum absolute atomic E-state index is 0.0133. The van der Waals surface area contributed by atoms with Gasteiger partial charge in [0.05, 0.1) is 17.7 Å². The summed E-state index contributed by atoms with van der Waals surface area (Å²) in [6.45, 7) is 11.4. The second-order valence-corrected chi connectivity index (χ2v) is 9.77. The van der Waals surface area contributed by atoms with Crippen LogP contribution in [0.3, 0.4) is 0 Å². The molecule has 0 bridgehead atoms. The number of hydrogen-bond acceptors (Lipinski definition) is 6. The molecule has 2 atom stereocenters. The van der Waals surface area contributed by atoms with E-state index in [2.05, 4.69) is 33.7 Å². The normalized spacial score (nSPS) is 18.6. The fourth-order valence-corrected chi connectivity index (χ4v) is 4.65. The molecule has 0 saturated carbocycles. The molecule has 34 heavy (non-hydrogen) atoms. The highest BCUT2D eigenvalue weighted by Gasteiger charge is 2.29. The Labute approximate surface area is 204 Å². The zero-order valence-electron chi connectivity index (χ0n) is 20.3. The van der Waals surface area contributed by atoms with Crippen LogP contribution in [-0.4, -0.2) is 38.7 Å². The van der Waals surface area contributed by atoms with Crippen LogP contribution in [0, 0.1) is 11.7 Å². The Balaban J connectivity index is 2.06. The summed E-state index contributed by atoms with van der Waals surface area (Å²) in [7, 11) is 0. The van der Waals surface area contributed by atoms with Gasteiger partial charge in [0.25, 0.3) is 0 Å². The second-order valence-electron chi connectivity index (χ2n) is 9.42. The largest absolute Gasteiger partial charge is 0.491 e. The maximum atomic E-state index is 14.7. The van der Waals surface area contributed by atoms with E-state index in [1.54, 1.807) is 12.3 Å². The van der Waals surface area contributed by atoms with Crippen LogP contribution >= 0.6 is 11.6 Å². The predicted octanol–water partition coefficient (Wildman–Crippen LogP) is 5.51. The van der Waals surface area contributed by atoms with Crippen molar-refractivity contribution in [2.75, 3.05) is 18.1 Å². The Kier molecular flexibility index (Phi) is 7.07. The van der Waals surface area contributed by atoms with Crippen molar-refractivity contribution in [1.29, 1.82) is 0 Å². The molecular formula is C25H31ClFN5O2. The summed E-state index contributed by atoms with van der Waals surface area (Å²) < 4.78 is 22.1. The van der Waals surface area contributed by atoms with Crippen molar-refractivity contribution in [3.63, 3.8) is 0 Å². The van der Waals surface area contributed by atoms with Crippen molar-refractivity contribution in [2.45, 2.75) is 65.8 Å². The number of ether oxygens (including phenoxy) is 1. The molecule has 0 spiro atoms. The van der Waals surface area contributed by atoms with Crippen molar-refractivity contribution in [3.8, 4) is 11.4 Å². The van der Waals surface area contributed by atoms with Gasteiger partial charge in [-0.15, -0.1) is 0 Å². The van der Waals surface area contributed by atoms with Gasteiger partial charge >= 0.3 is 5.69 Å². The number of anilines is 1. The average Bonchev–Trinajstić information content (AvgIpc) is 2.80. The lowest BCUT2D eigenvalue weighted by Gasteiger charge is -2.38. The standard InChI is InChI=1S/C25H31ClFN5O2/c1-6-11-34-19-9-10-28-20(14(2)3)21(19)32-24-17(12-18(27)22(26)29-24)23(30-25(32)33)31-13-15(4)7-8-16(31)5/h9-10,12,14-16H,6-8,11,13H2,1-5H3/t15-,16-/m0/s1. The van der Waals surface area contributed by atoms with Crippen LogP contribution in [0.4, 0.5) is 10.2 Å². The molecule has 0 amide bonds. The molecular weight excluding hydrogens is 457 g/mol. The van der Waals surface area contributed by atoms with Crippen molar-refractivity contribution in [3.05, 3.63) is 45.5 Å². The number of piperidine rings is 1. The molecule has 0 aliphatic carbocycles. The van der Waals surface area contributed by atoms with Crippen LogP contribution < -0.4 is 15.3 Å². The first-order valence-electron chi connectivity index (χ1n) is 11.9. The summed E-state index contributed by atoms with van der Waals surface area (Å²) in [5.41, 5.74) is 0.839. The summed E-state index contributed by atoms with van der Waals surface area (Å²) in [6.07, 6.45) is 4.52. The van der Waals surface area contributed by atoms with Crippen LogP contribution in [0.1, 0.15) is 65.5 Å². The minimum Gasteiger partial charge on any atom is -0.491 e. The molecule has 7 nitrogen and oxygen atoms in total. The first-order valence-corrected chi connectivity index (χ1v) is 12.3. The SMILES string of the molecule is CCCOc1ccnc(C(C)C)c1-n1c(=O)nc(N2C[C@@H](C)CC[C@@H]2C)c2cc(F)c(Cl)nc21. The Bertz CT molecular complexity index is 1260. The highest BCUT2D eigenvalue weighted by Crippen LogP contribution is 2.35. The monoisotopic (exact) mass is 487 g/mol. The quantitative estimate of drug-likeness (QED) is 0.427. The third-order valence-electron chi connectivity index (χ3n) is 6.30. The fourth-order valence-electron chi connectivity index (χ4n) is 4.52. The predicted molar refractivity (Wildman–Crippen MR) is 133 cm³/mol. The smallest absolute Gasteiger partial charge is 0.356 e. The fraction of sp³-hybridized carbons (Fsp3) is 0.520. The molecule has 0 unspecified atom stereocenters. The number of fused-ring (bicyclic) bond motifs is 1. The topological polar surface area (TPSA) is 73.1 Å². The van der Waals surface area contributed by atoms with E-state index in [0.717, 1.165) is 25.8 Å². The van der Waals surface area contributed by atoms with Crippen LogP contribution in [0.25, 0.3) is 16.7 Å². The number of aromatic nitrogens is 4. The van der Waals surface area contributed by atoms with E-state index < -0.39 is 11.5 Å². The van der Waals surface area contributed by atoms with Gasteiger partial charge in [-0.2, -0.15) is 4.98 Å². The number of halogens is 2. The van der Waals surface area contributed by atoms with Gasteiger partial charge in [0.15, 0.2) is 16.6 Å². The van der Waals surface area contributed by atoms with Gasteiger partial charge in [-0.1, -0.05) is 39.3 Å². The number of pyridine rings is 2. The molecule has 0 N–H and O–H groups in total. The van der Waals surface area contributed by atoms with Gasteiger partial charge in [-0.05, 0) is 44.1 Å². The van der Waals surface area contributed by atoms with E-state index in [-0.39, 0.29) is 22.8 Å². The molecule has 3 aromatic heterocycles. The zero-order chi connectivity index (χ0) is 24.6. The molecule has 3 aromatic rings. The van der Waals surface area contributed by atoms with E-state index in [9.17, 15) is 9.18 Å². The van der Waals surface area contributed by atoms with Gasteiger partial charge in [0.2, 0.25) is 0 Å². The molecule has 1 fully saturated rings. The van der Waals surface area contributed by atoms with Crippen LogP contribution in [0.2, 0.25) is 5.15 Å². The summed E-state index contributed by atoms with van der Waals surface area (Å²) in [5.74, 6) is 0.698. The molecule has 4 heterocycles. The lowest BCUT2D eigenvalue weighted by Crippen LogP contribution is -2.43. The maximum absolute atomic E-state index is 14.7. The van der Waals surface area contributed by atoms with Gasteiger partial charge < -0.3 is 9.64 Å². The van der Waals surface area contributed by atoms with E-state index >= 15 is 0 Å². The molecule has 9 heteroatoms. The summed E-state index contributed by atoms with van der Waals surface area (Å²) in [6, 6.07) is 3.21. The summed E-state index contributed by atoms with van der Waals surface area (Å²) in [5, 5.41) is 0.131. The molecule has 1 aliphatic rings. The van der Waals surface area contributed by atoms with E-state index in [1.807, 2.05) is 20.8 Å². The first-order chi connectivity index (χ1) is 16.2. The van der Waals surface area contributed by atoms with E-state index in [0.29, 0.717) is 40.9 Å². The highest BCUT2D eigenvalue weighted by molar-refractivity contribution is 6.30. The molecule has 0 aromatic carbocycles. The Morgan fingerprint density at radius 2 is 2.03 bits per heavy atom. The second kappa shape index (κ2) is 9.86. The van der Waals surface area contributed by atoms with Gasteiger partial charge in [-0.25, -0.2) is 18.7 Å². The first kappa shape index (κ1) is 24.4. The molecule has 1 aliphatic heterocycles. The molecule has 182 valence electrons. The number of nitrogens with zero attached hydrogens (tertiary/aromatic N) is 5. The van der Waals surface area contributed by atoms with Gasteiger partial charge in [0, 0.05) is 24.8 Å². The van der Waals surface area contributed by atoms with Crippen molar-refractivity contribution < 1.29 is 9.13 Å². The van der Waals surface area contributed by atoms with Gasteiger partial charge in [-0.3, -0.25) is 4.98 Å². The Hall–Kier alpha value is -2.74. The van der Waals surface area contributed by atoms with E-state index in [1.165, 1.54) is 10.6 Å². The van der Waals surface area contributed by atoms with Gasteiger partial charge in [0.1, 0.15) is 17.3 Å². The van der Waals surface area contributed by atoms with Crippen molar-refractivity contribution >= 4 is 28.5 Å².